The molecule has 2 heterocycles. The topological polar surface area (TPSA) is 45.4 Å². The SMILES string of the molecule is Oc1c2c(c(O)n1-c1ccc(Cl)c(C3SCCS3)c1)CCC=C2. The molecule has 23 heavy (non-hydrogen) atoms. The van der Waals surface area contributed by atoms with Gasteiger partial charge in [0.15, 0.2) is 0 Å². The van der Waals surface area contributed by atoms with E-state index in [-0.39, 0.29) is 11.8 Å². The predicted octanol–water partition coefficient (Wildman–Crippen LogP) is 4.98. The molecule has 0 unspecified atom stereocenters. The zero-order valence-electron chi connectivity index (χ0n) is 12.3. The fourth-order valence-corrected chi connectivity index (χ4v) is 6.36. The molecule has 1 aromatic heterocycles. The largest absolute Gasteiger partial charge is 0.494 e. The third-order valence-corrected chi connectivity index (χ3v) is 7.63. The molecule has 1 aromatic carbocycles. The highest BCUT2D eigenvalue weighted by atomic mass is 35.5. The molecule has 6 heteroatoms. The highest BCUT2D eigenvalue weighted by Crippen LogP contribution is 2.48. The van der Waals surface area contributed by atoms with Gasteiger partial charge in [0.2, 0.25) is 11.8 Å². The van der Waals surface area contributed by atoms with Crippen molar-refractivity contribution in [2.24, 2.45) is 0 Å². The van der Waals surface area contributed by atoms with Crippen LogP contribution in [0.15, 0.2) is 24.3 Å². The van der Waals surface area contributed by atoms with Gasteiger partial charge in [0.05, 0.1) is 10.3 Å². The van der Waals surface area contributed by atoms with E-state index in [0.29, 0.717) is 4.58 Å². The van der Waals surface area contributed by atoms with Gasteiger partial charge in [-0.25, -0.2) is 0 Å². The lowest BCUT2D eigenvalue weighted by molar-refractivity contribution is 0.400. The van der Waals surface area contributed by atoms with E-state index in [4.69, 9.17) is 11.6 Å². The first kappa shape index (κ1) is 15.4. The van der Waals surface area contributed by atoms with Gasteiger partial charge in [0.25, 0.3) is 0 Å². The van der Waals surface area contributed by atoms with E-state index in [1.165, 1.54) is 4.57 Å². The van der Waals surface area contributed by atoms with Gasteiger partial charge in [-0.1, -0.05) is 23.8 Å². The quantitative estimate of drug-likeness (QED) is 0.787. The molecule has 2 N–H and O–H groups in total. The maximum Gasteiger partial charge on any atom is 0.206 e. The van der Waals surface area contributed by atoms with Gasteiger partial charge in [0, 0.05) is 27.7 Å². The molecule has 4 rings (SSSR count). The summed E-state index contributed by atoms with van der Waals surface area (Å²) in [5.41, 5.74) is 3.33. The van der Waals surface area contributed by atoms with Crippen LogP contribution in [0, 0.1) is 0 Å². The van der Waals surface area contributed by atoms with Crippen molar-refractivity contribution in [1.82, 2.24) is 4.57 Å². The molecule has 1 fully saturated rings. The molecule has 0 atom stereocenters. The summed E-state index contributed by atoms with van der Waals surface area (Å²) in [6.07, 6.45) is 5.52. The molecule has 1 saturated heterocycles. The van der Waals surface area contributed by atoms with Crippen LogP contribution in [-0.4, -0.2) is 26.3 Å². The second-order valence-corrected chi connectivity index (χ2v) is 8.73. The average molecular weight is 366 g/mol. The fraction of sp³-hybridized carbons (Fsp3) is 0.294. The molecule has 2 aromatic rings. The zero-order valence-corrected chi connectivity index (χ0v) is 14.7. The first-order chi connectivity index (χ1) is 11.2. The number of aromatic nitrogens is 1. The van der Waals surface area contributed by atoms with E-state index >= 15 is 0 Å². The Kier molecular flexibility index (Phi) is 4.03. The molecule has 0 saturated carbocycles. The minimum absolute atomic E-state index is 0.0912. The molecule has 0 amide bonds. The van der Waals surface area contributed by atoms with Gasteiger partial charge in [-0.3, -0.25) is 4.57 Å². The van der Waals surface area contributed by atoms with Crippen molar-refractivity contribution in [3.05, 3.63) is 46.0 Å². The van der Waals surface area contributed by atoms with Crippen LogP contribution in [0.2, 0.25) is 5.02 Å². The zero-order chi connectivity index (χ0) is 16.0. The Morgan fingerprint density at radius 3 is 2.65 bits per heavy atom. The van der Waals surface area contributed by atoms with Crippen molar-refractivity contribution in [3.63, 3.8) is 0 Å². The summed E-state index contributed by atoms with van der Waals surface area (Å²) in [7, 11) is 0. The summed E-state index contributed by atoms with van der Waals surface area (Å²) in [5.74, 6) is 2.46. The van der Waals surface area contributed by atoms with Crippen LogP contribution in [0.3, 0.4) is 0 Å². The van der Waals surface area contributed by atoms with Crippen LogP contribution >= 0.6 is 35.1 Å². The van der Waals surface area contributed by atoms with Crippen LogP contribution < -0.4 is 0 Å². The number of allylic oxidation sites excluding steroid dienone is 1. The standard InChI is InChI=1S/C17H16ClNO2S2/c18-14-6-5-10(9-13(14)17-22-7-8-23-17)19-15(20)11-3-1-2-4-12(11)16(19)21/h1,3,5-6,9,17,20-21H,2,4,7-8H2. The van der Waals surface area contributed by atoms with Gasteiger partial charge >= 0.3 is 0 Å². The molecular weight excluding hydrogens is 350 g/mol. The lowest BCUT2D eigenvalue weighted by atomic mass is 10.0. The second kappa shape index (κ2) is 6.04. The maximum atomic E-state index is 10.6. The van der Waals surface area contributed by atoms with E-state index in [1.54, 1.807) is 0 Å². The number of nitrogens with zero attached hydrogens (tertiary/aromatic N) is 1. The van der Waals surface area contributed by atoms with E-state index in [9.17, 15) is 10.2 Å². The van der Waals surface area contributed by atoms with E-state index < -0.39 is 0 Å². The average Bonchev–Trinajstić information content (AvgIpc) is 3.17. The summed E-state index contributed by atoms with van der Waals surface area (Å²) in [5, 5.41) is 21.8. The predicted molar refractivity (Wildman–Crippen MR) is 99.1 cm³/mol. The number of halogens is 1. The molecule has 0 bridgehead atoms. The molecular formula is C17H16ClNO2S2. The number of thioether (sulfide) groups is 2. The number of fused-ring (bicyclic) bond motifs is 1. The van der Waals surface area contributed by atoms with Gasteiger partial charge in [0.1, 0.15) is 0 Å². The van der Waals surface area contributed by atoms with Crippen molar-refractivity contribution in [1.29, 1.82) is 0 Å². The monoisotopic (exact) mass is 365 g/mol. The summed E-state index contributed by atoms with van der Waals surface area (Å²) in [6, 6.07) is 5.66. The number of hydrogen-bond donors (Lipinski definition) is 2. The molecule has 3 nitrogen and oxygen atoms in total. The number of rotatable bonds is 2. The van der Waals surface area contributed by atoms with E-state index in [0.717, 1.165) is 51.7 Å². The Balaban J connectivity index is 1.84. The van der Waals surface area contributed by atoms with Crippen LogP contribution in [0.4, 0.5) is 0 Å². The van der Waals surface area contributed by atoms with Crippen molar-refractivity contribution >= 4 is 41.2 Å². The van der Waals surface area contributed by atoms with Crippen LogP contribution in [0.1, 0.15) is 27.7 Å². The summed E-state index contributed by atoms with van der Waals surface area (Å²) in [4.78, 5) is 0. The Morgan fingerprint density at radius 1 is 1.13 bits per heavy atom. The van der Waals surface area contributed by atoms with Gasteiger partial charge < -0.3 is 10.2 Å². The Bertz CT molecular complexity index is 794. The van der Waals surface area contributed by atoms with Crippen LogP contribution in [-0.2, 0) is 6.42 Å². The molecule has 1 aliphatic heterocycles. The number of hydrogen-bond acceptors (Lipinski definition) is 4. The van der Waals surface area contributed by atoms with E-state index in [2.05, 4.69) is 0 Å². The highest BCUT2D eigenvalue weighted by Gasteiger charge is 2.25. The van der Waals surface area contributed by atoms with Gasteiger partial charge in [-0.05, 0) is 36.6 Å². The fourth-order valence-electron chi connectivity index (χ4n) is 3.09. The molecule has 0 spiro atoms. The number of benzene rings is 1. The minimum atomic E-state index is 0.0912. The first-order valence-electron chi connectivity index (χ1n) is 7.52. The summed E-state index contributed by atoms with van der Waals surface area (Å²) < 4.78 is 1.83. The van der Waals surface area contributed by atoms with Crippen molar-refractivity contribution < 1.29 is 10.2 Å². The lowest BCUT2D eigenvalue weighted by Gasteiger charge is -2.14. The lowest BCUT2D eigenvalue weighted by Crippen LogP contribution is -1.96. The maximum absolute atomic E-state index is 10.6. The Labute approximate surface area is 148 Å². The second-order valence-electron chi connectivity index (χ2n) is 5.60. The van der Waals surface area contributed by atoms with Crippen molar-refractivity contribution in [2.45, 2.75) is 17.4 Å². The van der Waals surface area contributed by atoms with Crippen LogP contribution in [0.5, 0.6) is 11.8 Å². The minimum Gasteiger partial charge on any atom is -0.494 e. The molecule has 0 radical (unpaired) electrons. The summed E-state index contributed by atoms with van der Waals surface area (Å²) >= 11 is 10.1. The van der Waals surface area contributed by atoms with Crippen LogP contribution in [0.25, 0.3) is 11.8 Å². The van der Waals surface area contributed by atoms with E-state index in [1.807, 2.05) is 53.9 Å². The smallest absolute Gasteiger partial charge is 0.206 e. The molecule has 2 aliphatic rings. The van der Waals surface area contributed by atoms with Crippen molar-refractivity contribution in [3.8, 4) is 17.4 Å². The Morgan fingerprint density at radius 2 is 1.91 bits per heavy atom. The van der Waals surface area contributed by atoms with Crippen molar-refractivity contribution in [2.75, 3.05) is 11.5 Å². The molecule has 120 valence electrons. The molecule has 1 aliphatic carbocycles. The normalized spacial score (nSPS) is 17.6. The third-order valence-electron chi connectivity index (χ3n) is 4.22. The third kappa shape index (κ3) is 2.55. The Hall–Kier alpha value is -1.17. The summed E-state index contributed by atoms with van der Waals surface area (Å²) in [6.45, 7) is 0. The highest BCUT2D eigenvalue weighted by molar-refractivity contribution is 8.19. The first-order valence-corrected chi connectivity index (χ1v) is 9.99. The van der Waals surface area contributed by atoms with Gasteiger partial charge in [-0.15, -0.1) is 23.5 Å². The van der Waals surface area contributed by atoms with Gasteiger partial charge in [-0.2, -0.15) is 0 Å². The number of aromatic hydroxyl groups is 2.